The molecule has 2 rings (SSSR count). The number of hydrogen-bond acceptors (Lipinski definition) is 5. The maximum absolute atomic E-state index is 10.9. The quantitative estimate of drug-likeness (QED) is 0.776. The van der Waals surface area contributed by atoms with Crippen LogP contribution in [0.25, 0.3) is 0 Å². The predicted molar refractivity (Wildman–Crippen MR) is 72.5 cm³/mol. The second kappa shape index (κ2) is 6.05. The summed E-state index contributed by atoms with van der Waals surface area (Å²) in [6, 6.07) is 4.48. The minimum atomic E-state index is -1.06. The van der Waals surface area contributed by atoms with E-state index in [1.54, 1.807) is 10.7 Å². The zero-order valence-electron chi connectivity index (χ0n) is 11.1. The van der Waals surface area contributed by atoms with Crippen LogP contribution < -0.4 is 10.5 Å². The van der Waals surface area contributed by atoms with Crippen LogP contribution in [0.15, 0.2) is 24.5 Å². The van der Waals surface area contributed by atoms with Gasteiger partial charge in [0, 0.05) is 18.3 Å². The van der Waals surface area contributed by atoms with E-state index in [9.17, 15) is 4.79 Å². The van der Waals surface area contributed by atoms with E-state index in [0.29, 0.717) is 11.6 Å². The number of nitrogen functional groups attached to an aromatic ring is 1. The Bertz CT molecular complexity index is 609. The molecule has 2 aromatic rings. The van der Waals surface area contributed by atoms with Gasteiger partial charge in [0.25, 0.3) is 0 Å². The first-order valence-electron chi connectivity index (χ1n) is 6.24. The summed E-state index contributed by atoms with van der Waals surface area (Å²) in [6.45, 7) is 3.09. The van der Waals surface area contributed by atoms with Crippen LogP contribution in [-0.4, -0.2) is 25.8 Å². The number of ether oxygens (including phenoxy) is 1. The van der Waals surface area contributed by atoms with Crippen molar-refractivity contribution in [1.82, 2.24) is 14.8 Å². The Labute approximate surface area is 116 Å². The number of anilines is 1. The van der Waals surface area contributed by atoms with E-state index in [4.69, 9.17) is 15.6 Å². The molecule has 0 bridgehead atoms. The molecule has 0 aliphatic rings. The average Bonchev–Trinajstić information content (AvgIpc) is 2.84. The van der Waals surface area contributed by atoms with Gasteiger partial charge in [-0.1, -0.05) is 6.92 Å². The van der Waals surface area contributed by atoms with Gasteiger partial charge in [-0.2, -0.15) is 5.10 Å². The van der Waals surface area contributed by atoms with Crippen LogP contribution >= 0.6 is 0 Å². The molecule has 20 heavy (non-hydrogen) atoms. The topological polar surface area (TPSA) is 103 Å². The highest BCUT2D eigenvalue weighted by atomic mass is 16.5. The van der Waals surface area contributed by atoms with Crippen molar-refractivity contribution in [2.24, 2.45) is 0 Å². The molecule has 0 radical (unpaired) electrons. The maximum atomic E-state index is 10.9. The minimum absolute atomic E-state index is 0.0616. The zero-order valence-corrected chi connectivity index (χ0v) is 11.1. The van der Waals surface area contributed by atoms with Gasteiger partial charge in [-0.05, 0) is 18.6 Å². The molecule has 0 aliphatic heterocycles. The second-order valence-electron chi connectivity index (χ2n) is 4.24. The van der Waals surface area contributed by atoms with Crippen molar-refractivity contribution in [3.05, 3.63) is 35.9 Å². The molecule has 7 nitrogen and oxygen atoms in total. The van der Waals surface area contributed by atoms with Crippen molar-refractivity contribution >= 4 is 11.7 Å². The fourth-order valence-electron chi connectivity index (χ4n) is 1.77. The van der Waals surface area contributed by atoms with Crippen LogP contribution in [0.2, 0.25) is 0 Å². The third-order valence-corrected chi connectivity index (χ3v) is 2.75. The molecule has 1 aromatic carbocycles. The largest absolute Gasteiger partial charge is 0.486 e. The number of carboxylic acids is 1. The summed E-state index contributed by atoms with van der Waals surface area (Å²) in [5.41, 5.74) is 5.89. The lowest BCUT2D eigenvalue weighted by Crippen LogP contribution is -2.09. The van der Waals surface area contributed by atoms with Crippen molar-refractivity contribution in [3.63, 3.8) is 0 Å². The lowest BCUT2D eigenvalue weighted by atomic mass is 10.2. The molecule has 0 saturated carbocycles. The number of hydrogen-bond donors (Lipinski definition) is 2. The number of nitrogens with two attached hydrogens (primary N) is 1. The van der Waals surface area contributed by atoms with Gasteiger partial charge in [0.15, 0.2) is 5.82 Å². The number of carbonyl (C=O) groups is 1. The van der Waals surface area contributed by atoms with Crippen LogP contribution in [0.5, 0.6) is 5.75 Å². The summed E-state index contributed by atoms with van der Waals surface area (Å²) in [5, 5.41) is 13.0. The Kier molecular flexibility index (Phi) is 4.19. The number of rotatable bonds is 6. The molecule has 0 saturated heterocycles. The highest BCUT2D eigenvalue weighted by Crippen LogP contribution is 2.20. The summed E-state index contributed by atoms with van der Waals surface area (Å²) in [4.78, 5) is 15.0. The molecule has 0 amide bonds. The molecule has 3 N–H and O–H groups in total. The van der Waals surface area contributed by atoms with E-state index < -0.39 is 5.97 Å². The van der Waals surface area contributed by atoms with Crippen LogP contribution in [0.1, 0.15) is 29.5 Å². The first-order chi connectivity index (χ1) is 9.61. The van der Waals surface area contributed by atoms with E-state index in [-0.39, 0.29) is 17.9 Å². The summed E-state index contributed by atoms with van der Waals surface area (Å²) >= 11 is 0. The third kappa shape index (κ3) is 3.05. The van der Waals surface area contributed by atoms with E-state index in [0.717, 1.165) is 13.0 Å². The number of aromatic carboxylic acids is 1. The van der Waals surface area contributed by atoms with Crippen LogP contribution in [0.4, 0.5) is 5.69 Å². The van der Waals surface area contributed by atoms with Gasteiger partial charge in [-0.25, -0.2) is 14.5 Å². The Balaban J connectivity index is 2.05. The maximum Gasteiger partial charge on any atom is 0.337 e. The summed E-state index contributed by atoms with van der Waals surface area (Å²) in [7, 11) is 0. The van der Waals surface area contributed by atoms with Crippen molar-refractivity contribution in [1.29, 1.82) is 0 Å². The first kappa shape index (κ1) is 13.9. The summed E-state index contributed by atoms with van der Waals surface area (Å²) in [6.07, 6.45) is 2.44. The lowest BCUT2D eigenvalue weighted by Gasteiger charge is -2.09. The molecular weight excluding hydrogens is 260 g/mol. The van der Waals surface area contributed by atoms with Gasteiger partial charge in [0.2, 0.25) is 0 Å². The van der Waals surface area contributed by atoms with E-state index >= 15 is 0 Å². The van der Waals surface area contributed by atoms with Crippen LogP contribution in [0.3, 0.4) is 0 Å². The van der Waals surface area contributed by atoms with Gasteiger partial charge in [-0.15, -0.1) is 0 Å². The molecule has 0 aliphatic carbocycles. The number of benzene rings is 1. The molecule has 0 atom stereocenters. The Morgan fingerprint density at radius 2 is 2.30 bits per heavy atom. The minimum Gasteiger partial charge on any atom is -0.486 e. The monoisotopic (exact) mass is 276 g/mol. The number of aryl methyl sites for hydroxylation is 1. The van der Waals surface area contributed by atoms with Gasteiger partial charge in [0.05, 0.1) is 5.56 Å². The van der Waals surface area contributed by atoms with Crippen LogP contribution in [0, 0.1) is 0 Å². The van der Waals surface area contributed by atoms with Gasteiger partial charge >= 0.3 is 5.97 Å². The van der Waals surface area contributed by atoms with Crippen molar-refractivity contribution < 1.29 is 14.6 Å². The fraction of sp³-hybridized carbons (Fsp3) is 0.308. The van der Waals surface area contributed by atoms with Crippen molar-refractivity contribution in [3.8, 4) is 5.75 Å². The SMILES string of the molecule is CCCn1ncnc1COc1ccc(C(=O)O)c(N)c1. The number of carboxylic acid groups (broad SMARTS) is 1. The molecule has 1 aromatic heterocycles. The Morgan fingerprint density at radius 3 is 2.95 bits per heavy atom. The molecule has 1 heterocycles. The molecule has 0 unspecified atom stereocenters. The Hall–Kier alpha value is -2.57. The molecule has 0 spiro atoms. The second-order valence-corrected chi connectivity index (χ2v) is 4.24. The fourth-order valence-corrected chi connectivity index (χ4v) is 1.77. The van der Waals surface area contributed by atoms with E-state index in [1.165, 1.54) is 18.5 Å². The van der Waals surface area contributed by atoms with Gasteiger partial charge < -0.3 is 15.6 Å². The van der Waals surface area contributed by atoms with Gasteiger partial charge in [0.1, 0.15) is 18.7 Å². The third-order valence-electron chi connectivity index (χ3n) is 2.75. The molecule has 0 fully saturated rings. The van der Waals surface area contributed by atoms with E-state index in [1.807, 2.05) is 0 Å². The lowest BCUT2D eigenvalue weighted by molar-refractivity contribution is 0.0698. The molecule has 7 heteroatoms. The molecular formula is C13H16N4O3. The van der Waals surface area contributed by atoms with Crippen molar-refractivity contribution in [2.45, 2.75) is 26.5 Å². The highest BCUT2D eigenvalue weighted by Gasteiger charge is 2.09. The predicted octanol–water partition coefficient (Wildman–Crippen LogP) is 1.55. The number of aromatic nitrogens is 3. The van der Waals surface area contributed by atoms with E-state index in [2.05, 4.69) is 17.0 Å². The van der Waals surface area contributed by atoms with Crippen LogP contribution in [-0.2, 0) is 13.2 Å². The average molecular weight is 276 g/mol. The molecule has 106 valence electrons. The zero-order chi connectivity index (χ0) is 14.5. The number of nitrogens with zero attached hydrogens (tertiary/aromatic N) is 3. The first-order valence-corrected chi connectivity index (χ1v) is 6.24. The normalized spacial score (nSPS) is 10.4. The van der Waals surface area contributed by atoms with Crippen molar-refractivity contribution in [2.75, 3.05) is 5.73 Å². The highest BCUT2D eigenvalue weighted by molar-refractivity contribution is 5.93. The van der Waals surface area contributed by atoms with Gasteiger partial charge in [-0.3, -0.25) is 0 Å². The Morgan fingerprint density at radius 1 is 1.50 bits per heavy atom. The smallest absolute Gasteiger partial charge is 0.337 e. The summed E-state index contributed by atoms with van der Waals surface area (Å²) < 4.78 is 7.33. The summed E-state index contributed by atoms with van der Waals surface area (Å²) in [5.74, 6) is 0.156. The standard InChI is InChI=1S/C13H16N4O3/c1-2-5-17-12(15-8-16-17)7-20-9-3-4-10(13(18)19)11(14)6-9/h3-4,6,8H,2,5,7,14H2,1H3,(H,18,19).